The first-order chi connectivity index (χ1) is 18.4. The molecule has 0 spiro atoms. The van der Waals surface area contributed by atoms with Crippen molar-refractivity contribution in [3.8, 4) is 28.5 Å². The van der Waals surface area contributed by atoms with Gasteiger partial charge in [-0.2, -0.15) is 0 Å². The molecule has 0 saturated carbocycles. The van der Waals surface area contributed by atoms with Crippen molar-refractivity contribution in [3.63, 3.8) is 0 Å². The highest BCUT2D eigenvalue weighted by molar-refractivity contribution is 5.82. The number of anilines is 2. The second kappa shape index (κ2) is 10.6. The molecular formula is C28H32N6O4. The summed E-state index contributed by atoms with van der Waals surface area (Å²) in [5, 5.41) is 4.30. The van der Waals surface area contributed by atoms with Crippen LogP contribution in [0.25, 0.3) is 22.3 Å². The Labute approximate surface area is 221 Å². The zero-order valence-corrected chi connectivity index (χ0v) is 22.3. The lowest BCUT2D eigenvalue weighted by Gasteiger charge is -2.32. The van der Waals surface area contributed by atoms with Gasteiger partial charge in [0.15, 0.2) is 5.75 Å². The number of rotatable bonds is 7. The molecule has 1 amide bonds. The number of likely N-dealkylation sites (tertiary alicyclic amines) is 1. The SMILES string of the molecule is COc1cc(C2CCN(C(C)=O)CC2)c(OC)cc1Nc1ncc(OC)c(-c2cnc3c(ccn3C)c2)n1. The minimum Gasteiger partial charge on any atom is -0.496 e. The summed E-state index contributed by atoms with van der Waals surface area (Å²) in [5.74, 6) is 2.73. The van der Waals surface area contributed by atoms with E-state index in [2.05, 4.69) is 15.3 Å². The minimum absolute atomic E-state index is 0.117. The highest BCUT2D eigenvalue weighted by Gasteiger charge is 2.26. The van der Waals surface area contributed by atoms with Gasteiger partial charge in [-0.3, -0.25) is 4.79 Å². The molecule has 1 saturated heterocycles. The summed E-state index contributed by atoms with van der Waals surface area (Å²) in [6, 6.07) is 7.97. The molecule has 1 N–H and O–H groups in total. The van der Waals surface area contributed by atoms with Crippen LogP contribution in [0.1, 0.15) is 31.2 Å². The van der Waals surface area contributed by atoms with Gasteiger partial charge in [0.25, 0.3) is 0 Å². The average molecular weight is 517 g/mol. The van der Waals surface area contributed by atoms with Crippen LogP contribution in [0.4, 0.5) is 11.6 Å². The third-order valence-electron chi connectivity index (χ3n) is 7.13. The number of aromatic nitrogens is 4. The topological polar surface area (TPSA) is 104 Å². The van der Waals surface area contributed by atoms with Crippen molar-refractivity contribution in [3.05, 3.63) is 48.4 Å². The fraction of sp³-hybridized carbons (Fsp3) is 0.357. The molecule has 1 aliphatic rings. The van der Waals surface area contributed by atoms with Crippen LogP contribution in [-0.2, 0) is 11.8 Å². The van der Waals surface area contributed by atoms with Gasteiger partial charge in [-0.1, -0.05) is 0 Å². The zero-order valence-electron chi connectivity index (χ0n) is 22.3. The van der Waals surface area contributed by atoms with E-state index in [1.165, 1.54) is 0 Å². The highest BCUT2D eigenvalue weighted by Crippen LogP contribution is 2.41. The van der Waals surface area contributed by atoms with Crippen LogP contribution in [0.5, 0.6) is 17.2 Å². The standard InChI is InChI=1S/C28H32N6O4/c1-17(35)34-10-7-18(8-11-34)21-13-24(37-4)22(14-23(21)36-3)31-28-30-16-25(38-5)26(32-28)20-12-19-6-9-33(2)27(19)29-15-20/h6,9,12-16,18H,7-8,10-11H2,1-5H3,(H,30,31,32). The summed E-state index contributed by atoms with van der Waals surface area (Å²) in [6.45, 7) is 3.09. The lowest BCUT2D eigenvalue weighted by Crippen LogP contribution is -2.36. The van der Waals surface area contributed by atoms with Crippen molar-refractivity contribution in [2.45, 2.75) is 25.7 Å². The molecule has 0 aliphatic carbocycles. The molecular weight excluding hydrogens is 484 g/mol. The maximum atomic E-state index is 11.7. The van der Waals surface area contributed by atoms with Gasteiger partial charge in [-0.05, 0) is 37.0 Å². The lowest BCUT2D eigenvalue weighted by molar-refractivity contribution is -0.129. The van der Waals surface area contributed by atoms with Crippen molar-refractivity contribution < 1.29 is 19.0 Å². The summed E-state index contributed by atoms with van der Waals surface area (Å²) in [6.07, 6.45) is 7.14. The molecule has 3 aromatic heterocycles. The molecule has 198 valence electrons. The molecule has 38 heavy (non-hydrogen) atoms. The van der Waals surface area contributed by atoms with Crippen LogP contribution in [0, 0.1) is 0 Å². The van der Waals surface area contributed by atoms with E-state index in [4.69, 9.17) is 19.2 Å². The van der Waals surface area contributed by atoms with Gasteiger partial charge in [0.2, 0.25) is 11.9 Å². The Morgan fingerprint density at radius 2 is 1.71 bits per heavy atom. The minimum atomic E-state index is 0.117. The van der Waals surface area contributed by atoms with E-state index in [0.29, 0.717) is 28.8 Å². The van der Waals surface area contributed by atoms with E-state index in [1.54, 1.807) is 40.6 Å². The molecule has 4 heterocycles. The molecule has 0 bridgehead atoms. The first kappa shape index (κ1) is 25.3. The van der Waals surface area contributed by atoms with E-state index in [9.17, 15) is 4.79 Å². The number of carbonyl (C=O) groups is 1. The van der Waals surface area contributed by atoms with E-state index in [1.807, 2.05) is 47.0 Å². The summed E-state index contributed by atoms with van der Waals surface area (Å²) in [5.41, 5.74) is 4.09. The predicted octanol–water partition coefficient (Wildman–Crippen LogP) is 4.53. The number of ether oxygens (including phenoxy) is 3. The molecule has 10 heteroatoms. The third kappa shape index (κ3) is 4.81. The number of hydrogen-bond acceptors (Lipinski definition) is 8. The summed E-state index contributed by atoms with van der Waals surface area (Å²) in [4.78, 5) is 27.5. The second-order valence-electron chi connectivity index (χ2n) is 9.37. The van der Waals surface area contributed by atoms with Gasteiger partial charge in [-0.25, -0.2) is 15.0 Å². The number of amides is 1. The molecule has 4 aromatic rings. The number of carbonyl (C=O) groups excluding carboxylic acids is 1. The summed E-state index contributed by atoms with van der Waals surface area (Å²) < 4.78 is 19.0. The Morgan fingerprint density at radius 1 is 0.974 bits per heavy atom. The number of methoxy groups -OCH3 is 3. The summed E-state index contributed by atoms with van der Waals surface area (Å²) in [7, 11) is 6.85. The van der Waals surface area contributed by atoms with Crippen LogP contribution >= 0.6 is 0 Å². The quantitative estimate of drug-likeness (QED) is 0.382. The fourth-order valence-corrected chi connectivity index (χ4v) is 5.04. The number of aryl methyl sites for hydroxylation is 1. The van der Waals surface area contributed by atoms with E-state index >= 15 is 0 Å². The van der Waals surface area contributed by atoms with E-state index in [-0.39, 0.29) is 11.8 Å². The van der Waals surface area contributed by atoms with E-state index < -0.39 is 0 Å². The molecule has 0 unspecified atom stereocenters. The molecule has 10 nitrogen and oxygen atoms in total. The molecule has 1 aliphatic heterocycles. The Kier molecular flexibility index (Phi) is 7.04. The Morgan fingerprint density at radius 3 is 2.39 bits per heavy atom. The van der Waals surface area contributed by atoms with Crippen LogP contribution in [-0.4, -0.2) is 64.7 Å². The molecule has 5 rings (SSSR count). The van der Waals surface area contributed by atoms with Crippen molar-refractivity contribution >= 4 is 28.6 Å². The Bertz CT molecular complexity index is 1480. The largest absolute Gasteiger partial charge is 0.496 e. The first-order valence-corrected chi connectivity index (χ1v) is 12.5. The van der Waals surface area contributed by atoms with Gasteiger partial charge in [0.1, 0.15) is 22.8 Å². The Hall–Kier alpha value is -4.34. The number of nitrogens with zero attached hydrogens (tertiary/aromatic N) is 5. The van der Waals surface area contributed by atoms with Crippen LogP contribution < -0.4 is 19.5 Å². The smallest absolute Gasteiger partial charge is 0.228 e. The van der Waals surface area contributed by atoms with E-state index in [0.717, 1.165) is 53.8 Å². The number of nitrogens with one attached hydrogen (secondary N) is 1. The number of benzene rings is 1. The monoisotopic (exact) mass is 516 g/mol. The summed E-state index contributed by atoms with van der Waals surface area (Å²) >= 11 is 0. The van der Waals surface area contributed by atoms with Crippen LogP contribution in [0.3, 0.4) is 0 Å². The van der Waals surface area contributed by atoms with Crippen molar-refractivity contribution in [2.24, 2.45) is 7.05 Å². The van der Waals surface area contributed by atoms with Crippen molar-refractivity contribution in [1.82, 2.24) is 24.4 Å². The van der Waals surface area contributed by atoms with Gasteiger partial charge in [-0.15, -0.1) is 0 Å². The molecule has 0 radical (unpaired) electrons. The number of fused-ring (bicyclic) bond motifs is 1. The number of piperidine rings is 1. The number of pyridine rings is 1. The van der Waals surface area contributed by atoms with Crippen LogP contribution in [0.2, 0.25) is 0 Å². The first-order valence-electron chi connectivity index (χ1n) is 12.5. The van der Waals surface area contributed by atoms with Gasteiger partial charge in [0.05, 0.1) is 33.2 Å². The van der Waals surface area contributed by atoms with Gasteiger partial charge in [0, 0.05) is 62.0 Å². The van der Waals surface area contributed by atoms with Crippen LogP contribution in [0.15, 0.2) is 42.9 Å². The maximum absolute atomic E-state index is 11.7. The van der Waals surface area contributed by atoms with Gasteiger partial charge < -0.3 is 29.0 Å². The predicted molar refractivity (Wildman–Crippen MR) is 145 cm³/mol. The third-order valence-corrected chi connectivity index (χ3v) is 7.13. The second-order valence-corrected chi connectivity index (χ2v) is 9.37. The van der Waals surface area contributed by atoms with Crippen molar-refractivity contribution in [1.29, 1.82) is 0 Å². The molecule has 0 atom stereocenters. The zero-order chi connectivity index (χ0) is 26.8. The fourth-order valence-electron chi connectivity index (χ4n) is 5.04. The normalized spacial score (nSPS) is 14.0. The number of hydrogen-bond donors (Lipinski definition) is 1. The molecule has 1 aromatic carbocycles. The Balaban J connectivity index is 1.46. The maximum Gasteiger partial charge on any atom is 0.228 e. The highest BCUT2D eigenvalue weighted by atomic mass is 16.5. The lowest BCUT2D eigenvalue weighted by atomic mass is 9.88. The average Bonchev–Trinajstić information content (AvgIpc) is 3.32. The van der Waals surface area contributed by atoms with Gasteiger partial charge >= 0.3 is 0 Å². The molecule has 1 fully saturated rings. The van der Waals surface area contributed by atoms with Crippen molar-refractivity contribution in [2.75, 3.05) is 39.7 Å².